The van der Waals surface area contributed by atoms with Crippen molar-refractivity contribution in [1.29, 1.82) is 0 Å². The fourth-order valence-corrected chi connectivity index (χ4v) is 2.76. The number of aromatic nitrogens is 2. The minimum atomic E-state index is -0.387. The van der Waals surface area contributed by atoms with Crippen molar-refractivity contribution in [2.45, 2.75) is 19.3 Å². The lowest BCUT2D eigenvalue weighted by Gasteiger charge is -2.09. The summed E-state index contributed by atoms with van der Waals surface area (Å²) in [7, 11) is 0. The lowest BCUT2D eigenvalue weighted by Crippen LogP contribution is -1.98. The van der Waals surface area contributed by atoms with E-state index in [0.717, 1.165) is 6.42 Å². The highest BCUT2D eigenvalue weighted by molar-refractivity contribution is 6.37. The van der Waals surface area contributed by atoms with Gasteiger partial charge in [0.2, 0.25) is 0 Å². The number of halogens is 3. The molecule has 3 rings (SSSR count). The zero-order valence-electron chi connectivity index (χ0n) is 10.2. The highest BCUT2D eigenvalue weighted by Gasteiger charge is 2.37. The Balaban J connectivity index is 2.10. The predicted molar refractivity (Wildman–Crippen MR) is 74.0 cm³/mol. The Hall–Kier alpha value is -1.19. The molecule has 2 nitrogen and oxygen atoms in total. The third-order valence-corrected chi connectivity index (χ3v) is 3.97. The summed E-state index contributed by atoms with van der Waals surface area (Å²) in [5.74, 6) is 1.15. The molecule has 1 aliphatic rings. The maximum atomic E-state index is 13.8. The van der Waals surface area contributed by atoms with E-state index in [4.69, 9.17) is 23.2 Å². The van der Waals surface area contributed by atoms with Gasteiger partial charge in [0.25, 0.3) is 0 Å². The molecule has 0 radical (unpaired) electrons. The van der Waals surface area contributed by atoms with E-state index in [1.165, 1.54) is 6.07 Å². The molecule has 0 amide bonds. The summed E-state index contributed by atoms with van der Waals surface area (Å²) in [6, 6.07) is 6.31. The zero-order chi connectivity index (χ0) is 13.6. The van der Waals surface area contributed by atoms with Gasteiger partial charge in [-0.25, -0.2) is 14.4 Å². The number of rotatable bonds is 2. The average molecular weight is 297 g/mol. The summed E-state index contributed by atoms with van der Waals surface area (Å²) in [4.78, 5) is 8.53. The fourth-order valence-electron chi connectivity index (χ4n) is 2.16. The first-order valence-corrected chi connectivity index (χ1v) is 6.81. The van der Waals surface area contributed by atoms with Gasteiger partial charge in [0.1, 0.15) is 21.9 Å². The molecule has 0 N–H and O–H groups in total. The summed E-state index contributed by atoms with van der Waals surface area (Å²) >= 11 is 12.3. The third-order valence-electron chi connectivity index (χ3n) is 3.42. The molecular weight excluding hydrogens is 286 g/mol. The molecule has 98 valence electrons. The molecule has 0 aliphatic heterocycles. The molecule has 1 fully saturated rings. The third kappa shape index (κ3) is 2.33. The van der Waals surface area contributed by atoms with Crippen LogP contribution in [0.5, 0.6) is 0 Å². The van der Waals surface area contributed by atoms with E-state index in [0.29, 0.717) is 28.8 Å². The number of hydrogen-bond acceptors (Lipinski definition) is 2. The van der Waals surface area contributed by atoms with E-state index in [9.17, 15) is 4.39 Å². The molecule has 1 aromatic carbocycles. The van der Waals surface area contributed by atoms with Crippen molar-refractivity contribution < 1.29 is 4.39 Å². The predicted octanol–water partition coefficient (Wildman–Crippen LogP) is 4.71. The van der Waals surface area contributed by atoms with Crippen molar-refractivity contribution in [3.8, 4) is 11.1 Å². The Bertz CT molecular complexity index is 622. The monoisotopic (exact) mass is 296 g/mol. The SMILES string of the molecule is CC1CC1c1nc(Cl)c(-c2ccccc2F)c(Cl)n1. The van der Waals surface area contributed by atoms with Crippen molar-refractivity contribution in [3.05, 3.63) is 46.2 Å². The average Bonchev–Trinajstić information content (AvgIpc) is 3.08. The van der Waals surface area contributed by atoms with Gasteiger partial charge in [-0.15, -0.1) is 0 Å². The molecule has 0 spiro atoms. The van der Waals surface area contributed by atoms with Crippen LogP contribution >= 0.6 is 23.2 Å². The van der Waals surface area contributed by atoms with E-state index in [1.807, 2.05) is 0 Å². The van der Waals surface area contributed by atoms with Crippen LogP contribution < -0.4 is 0 Å². The number of nitrogens with zero attached hydrogens (tertiary/aromatic N) is 2. The summed E-state index contributed by atoms with van der Waals surface area (Å²) in [5, 5.41) is 0.415. The zero-order valence-corrected chi connectivity index (χ0v) is 11.7. The van der Waals surface area contributed by atoms with Gasteiger partial charge in [-0.1, -0.05) is 48.3 Å². The second-order valence-electron chi connectivity index (χ2n) is 4.84. The van der Waals surface area contributed by atoms with Gasteiger partial charge in [-0.05, 0) is 18.4 Å². The molecule has 1 aromatic heterocycles. The highest BCUT2D eigenvalue weighted by atomic mass is 35.5. The van der Waals surface area contributed by atoms with E-state index in [-0.39, 0.29) is 16.1 Å². The molecule has 2 unspecified atom stereocenters. The van der Waals surface area contributed by atoms with Gasteiger partial charge >= 0.3 is 0 Å². The molecule has 0 bridgehead atoms. The van der Waals surface area contributed by atoms with E-state index in [2.05, 4.69) is 16.9 Å². The smallest absolute Gasteiger partial charge is 0.142 e. The van der Waals surface area contributed by atoms with Crippen molar-refractivity contribution in [1.82, 2.24) is 9.97 Å². The van der Waals surface area contributed by atoms with Crippen LogP contribution in [0.2, 0.25) is 10.3 Å². The van der Waals surface area contributed by atoms with Crippen LogP contribution in [0.4, 0.5) is 4.39 Å². The first-order chi connectivity index (χ1) is 9.08. The van der Waals surface area contributed by atoms with Gasteiger partial charge in [-0.2, -0.15) is 0 Å². The first kappa shape index (κ1) is 12.8. The van der Waals surface area contributed by atoms with Gasteiger partial charge in [-0.3, -0.25) is 0 Å². The van der Waals surface area contributed by atoms with Crippen LogP contribution in [0.15, 0.2) is 24.3 Å². The quantitative estimate of drug-likeness (QED) is 0.750. The van der Waals surface area contributed by atoms with Crippen LogP contribution in [0.3, 0.4) is 0 Å². The van der Waals surface area contributed by atoms with Crippen LogP contribution in [0.25, 0.3) is 11.1 Å². The van der Waals surface area contributed by atoms with E-state index >= 15 is 0 Å². The number of benzene rings is 1. The van der Waals surface area contributed by atoms with Crippen molar-refractivity contribution in [2.75, 3.05) is 0 Å². The maximum Gasteiger partial charge on any atom is 0.142 e. The normalized spacial score (nSPS) is 21.5. The second kappa shape index (κ2) is 4.73. The molecule has 5 heteroatoms. The summed E-state index contributed by atoms with van der Waals surface area (Å²) in [5.41, 5.74) is 0.686. The molecule has 2 atom stereocenters. The lowest BCUT2D eigenvalue weighted by molar-refractivity contribution is 0.631. The second-order valence-corrected chi connectivity index (χ2v) is 5.55. The van der Waals surface area contributed by atoms with E-state index < -0.39 is 0 Å². The van der Waals surface area contributed by atoms with Gasteiger partial charge in [0, 0.05) is 11.5 Å². The fraction of sp³-hybridized carbons (Fsp3) is 0.286. The largest absolute Gasteiger partial charge is 0.220 e. The van der Waals surface area contributed by atoms with Crippen molar-refractivity contribution in [2.24, 2.45) is 5.92 Å². The van der Waals surface area contributed by atoms with Gasteiger partial charge < -0.3 is 0 Å². The molecule has 1 saturated carbocycles. The highest BCUT2D eigenvalue weighted by Crippen LogP contribution is 2.47. The van der Waals surface area contributed by atoms with E-state index in [1.54, 1.807) is 18.2 Å². The molecule has 19 heavy (non-hydrogen) atoms. The molecule has 1 heterocycles. The molecular formula is C14H11Cl2FN2. The minimum absolute atomic E-state index is 0.208. The Morgan fingerprint density at radius 3 is 2.26 bits per heavy atom. The number of hydrogen-bond donors (Lipinski definition) is 0. The summed E-state index contributed by atoms with van der Waals surface area (Å²) < 4.78 is 13.8. The Kier molecular flexibility index (Phi) is 3.19. The maximum absolute atomic E-state index is 13.8. The van der Waals surface area contributed by atoms with Crippen molar-refractivity contribution >= 4 is 23.2 Å². The van der Waals surface area contributed by atoms with Gasteiger partial charge in [0.05, 0.1) is 5.56 Å². The first-order valence-electron chi connectivity index (χ1n) is 6.05. The van der Waals surface area contributed by atoms with Crippen LogP contribution in [-0.2, 0) is 0 Å². The summed E-state index contributed by atoms with van der Waals surface area (Å²) in [6.07, 6.45) is 1.05. The van der Waals surface area contributed by atoms with Crippen LogP contribution in [0.1, 0.15) is 25.1 Å². The van der Waals surface area contributed by atoms with Gasteiger partial charge in [0.15, 0.2) is 0 Å². The van der Waals surface area contributed by atoms with Crippen molar-refractivity contribution in [3.63, 3.8) is 0 Å². The van der Waals surface area contributed by atoms with Crippen LogP contribution in [0, 0.1) is 11.7 Å². The van der Waals surface area contributed by atoms with Crippen LogP contribution in [-0.4, -0.2) is 9.97 Å². The summed E-state index contributed by atoms with van der Waals surface area (Å²) in [6.45, 7) is 2.13. The Morgan fingerprint density at radius 1 is 1.16 bits per heavy atom. The topological polar surface area (TPSA) is 25.8 Å². The molecule has 1 aliphatic carbocycles. The lowest BCUT2D eigenvalue weighted by atomic mass is 10.1. The molecule has 0 saturated heterocycles. The molecule has 2 aromatic rings. The Labute approximate surface area is 120 Å². The standard InChI is InChI=1S/C14H11Cl2FN2/c1-7-6-9(7)14-18-12(15)11(13(16)19-14)8-4-2-3-5-10(8)17/h2-5,7,9H,6H2,1H3. The minimum Gasteiger partial charge on any atom is -0.220 e. The Morgan fingerprint density at radius 2 is 1.74 bits per heavy atom.